The third-order valence-corrected chi connectivity index (χ3v) is 4.83. The zero-order valence-corrected chi connectivity index (χ0v) is 13.9. The van der Waals surface area contributed by atoms with E-state index in [0.29, 0.717) is 11.4 Å². The molecule has 142 valence electrons. The number of aromatic carboxylic acids is 1. The summed E-state index contributed by atoms with van der Waals surface area (Å²) < 4.78 is 9.01. The summed E-state index contributed by atoms with van der Waals surface area (Å²) >= 11 is 0. The van der Waals surface area contributed by atoms with Crippen LogP contribution in [0.1, 0.15) is 23.2 Å². The molecule has 0 spiro atoms. The van der Waals surface area contributed by atoms with Gasteiger partial charge < -0.3 is 26.0 Å². The molecular weight excluding hydrogens is 360 g/mol. The average molecular weight is 376 g/mol. The van der Waals surface area contributed by atoms with Gasteiger partial charge in [-0.05, 0) is 31.0 Å². The van der Waals surface area contributed by atoms with E-state index in [4.69, 9.17) is 16.6 Å². The van der Waals surface area contributed by atoms with Gasteiger partial charge in [0, 0.05) is 11.4 Å². The lowest BCUT2D eigenvalue weighted by atomic mass is 9.70. The van der Waals surface area contributed by atoms with Crippen LogP contribution in [-0.4, -0.2) is 35.0 Å². The number of esters is 4. The molecule has 2 saturated heterocycles. The van der Waals surface area contributed by atoms with Crippen LogP contribution in [0.3, 0.4) is 0 Å². The summed E-state index contributed by atoms with van der Waals surface area (Å²) in [6.45, 7) is 0. The average Bonchev–Trinajstić information content (AvgIpc) is 3.02. The first-order valence-electron chi connectivity index (χ1n) is 8.07. The van der Waals surface area contributed by atoms with Crippen molar-refractivity contribution in [2.45, 2.75) is 12.8 Å². The van der Waals surface area contributed by atoms with Crippen molar-refractivity contribution < 1.29 is 38.6 Å². The van der Waals surface area contributed by atoms with Crippen molar-refractivity contribution in [1.29, 1.82) is 0 Å². The number of anilines is 2. The lowest BCUT2D eigenvalue weighted by molar-refractivity contribution is -0.154. The number of hydrogen-bond donors (Lipinski definition) is 3. The zero-order chi connectivity index (χ0) is 19.9. The van der Waals surface area contributed by atoms with Crippen molar-refractivity contribution in [1.82, 2.24) is 0 Å². The highest BCUT2D eigenvalue weighted by Gasteiger charge is 2.57. The fraction of sp³-hybridized carbons (Fsp3) is 0.353. The third kappa shape index (κ3) is 3.46. The van der Waals surface area contributed by atoms with E-state index < -0.39 is 53.5 Å². The van der Waals surface area contributed by atoms with Crippen LogP contribution in [0.5, 0.6) is 0 Å². The molecule has 2 heterocycles. The minimum Gasteiger partial charge on any atom is -0.478 e. The highest BCUT2D eigenvalue weighted by atomic mass is 16.6. The standard InChI is InChI=1S/C10H8O6.C7H8N2O2/c11-7-3-1-4-6(10(14)16-8(4)12)2-5(3)9(13)15-7;8-5-1-4(7(10)11)2-6(9)3-5/h3-6H,1-2H2;1-3H,8-9H2,(H,10,11)/t3-,4-,5+,6+;. The molecule has 0 bridgehead atoms. The summed E-state index contributed by atoms with van der Waals surface area (Å²) in [5.41, 5.74) is 11.5. The minimum absolute atomic E-state index is 0.113. The van der Waals surface area contributed by atoms with Crippen LogP contribution in [0.15, 0.2) is 18.2 Å². The van der Waals surface area contributed by atoms with E-state index >= 15 is 0 Å². The lowest BCUT2D eigenvalue weighted by Gasteiger charge is -2.25. The number of cyclic esters (lactones) is 4. The maximum Gasteiger partial charge on any atom is 0.335 e. The van der Waals surface area contributed by atoms with Gasteiger partial charge in [-0.3, -0.25) is 19.2 Å². The Hall–Kier alpha value is -3.43. The van der Waals surface area contributed by atoms with E-state index in [-0.39, 0.29) is 18.4 Å². The van der Waals surface area contributed by atoms with Crippen molar-refractivity contribution in [3.8, 4) is 0 Å². The van der Waals surface area contributed by atoms with Gasteiger partial charge in [-0.15, -0.1) is 0 Å². The van der Waals surface area contributed by atoms with Crippen molar-refractivity contribution in [2.75, 3.05) is 11.5 Å². The smallest absolute Gasteiger partial charge is 0.335 e. The lowest BCUT2D eigenvalue weighted by Crippen LogP contribution is -2.35. The van der Waals surface area contributed by atoms with Gasteiger partial charge in [-0.2, -0.15) is 0 Å². The Kier molecular flexibility index (Phi) is 4.56. The second-order valence-electron chi connectivity index (χ2n) is 6.57. The Morgan fingerprint density at radius 1 is 0.778 bits per heavy atom. The predicted octanol–water partition coefficient (Wildman–Crippen LogP) is -0.0390. The van der Waals surface area contributed by atoms with Crippen molar-refractivity contribution in [3.63, 3.8) is 0 Å². The molecule has 10 nitrogen and oxygen atoms in total. The first-order chi connectivity index (χ1) is 12.7. The summed E-state index contributed by atoms with van der Waals surface area (Å²) in [5.74, 6) is -5.66. The molecule has 0 unspecified atom stereocenters. The summed E-state index contributed by atoms with van der Waals surface area (Å²) in [6.07, 6.45) is 0.370. The molecule has 3 fully saturated rings. The molecular formula is C17H16N2O8. The number of rotatable bonds is 1. The number of nitrogens with two attached hydrogens (primary N) is 2. The monoisotopic (exact) mass is 376 g/mol. The number of nitrogen functional groups attached to an aromatic ring is 2. The molecule has 1 saturated carbocycles. The molecule has 2 aliphatic heterocycles. The van der Waals surface area contributed by atoms with E-state index in [0.717, 1.165) is 0 Å². The Labute approximate surface area is 152 Å². The fourth-order valence-corrected chi connectivity index (χ4v) is 3.55. The molecule has 0 radical (unpaired) electrons. The summed E-state index contributed by atoms with van der Waals surface area (Å²) in [6, 6.07) is 4.23. The van der Waals surface area contributed by atoms with Crippen LogP contribution in [0, 0.1) is 23.7 Å². The summed E-state index contributed by atoms with van der Waals surface area (Å²) in [7, 11) is 0. The SMILES string of the molecule is Nc1cc(N)cc(C(=O)O)c1.O=C1OC(=O)[C@@H]2C[C@H]3C(=O)OC(=O)[C@H]3C[C@H]12. The maximum atomic E-state index is 11.3. The van der Waals surface area contributed by atoms with Gasteiger partial charge in [-0.25, -0.2) is 4.79 Å². The van der Waals surface area contributed by atoms with Gasteiger partial charge in [0.05, 0.1) is 29.2 Å². The topological polar surface area (TPSA) is 176 Å². The molecule has 4 atom stereocenters. The van der Waals surface area contributed by atoms with Gasteiger partial charge in [0.2, 0.25) is 0 Å². The molecule has 0 amide bonds. The highest BCUT2D eigenvalue weighted by molar-refractivity contribution is 6.01. The van der Waals surface area contributed by atoms with Gasteiger partial charge in [0.15, 0.2) is 0 Å². The first kappa shape index (κ1) is 18.4. The fourth-order valence-electron chi connectivity index (χ4n) is 3.55. The summed E-state index contributed by atoms with van der Waals surface area (Å²) in [5, 5.41) is 8.52. The second kappa shape index (κ2) is 6.71. The van der Waals surface area contributed by atoms with E-state index in [9.17, 15) is 24.0 Å². The van der Waals surface area contributed by atoms with Crippen LogP contribution >= 0.6 is 0 Å². The van der Waals surface area contributed by atoms with E-state index in [2.05, 4.69) is 9.47 Å². The van der Waals surface area contributed by atoms with E-state index in [1.165, 1.54) is 18.2 Å². The molecule has 3 aliphatic rings. The normalized spacial score (nSPS) is 28.4. The van der Waals surface area contributed by atoms with Gasteiger partial charge >= 0.3 is 29.8 Å². The van der Waals surface area contributed by atoms with Crippen LogP contribution in [0.25, 0.3) is 0 Å². The number of carbonyl (C=O) groups excluding carboxylic acids is 4. The van der Waals surface area contributed by atoms with Crippen molar-refractivity contribution >= 4 is 41.2 Å². The third-order valence-electron chi connectivity index (χ3n) is 4.83. The molecule has 1 aromatic rings. The Bertz CT molecular complexity index is 768. The van der Waals surface area contributed by atoms with Crippen molar-refractivity contribution in [3.05, 3.63) is 23.8 Å². The number of ether oxygens (including phenoxy) is 2. The quantitative estimate of drug-likeness (QED) is 0.342. The molecule has 10 heteroatoms. The number of hydrogen-bond acceptors (Lipinski definition) is 9. The van der Waals surface area contributed by atoms with Crippen LogP contribution in [0.2, 0.25) is 0 Å². The van der Waals surface area contributed by atoms with Crippen LogP contribution < -0.4 is 11.5 Å². The van der Waals surface area contributed by atoms with Crippen LogP contribution in [-0.2, 0) is 28.7 Å². The second-order valence-corrected chi connectivity index (χ2v) is 6.57. The Morgan fingerprint density at radius 3 is 1.41 bits per heavy atom. The zero-order valence-electron chi connectivity index (χ0n) is 13.9. The van der Waals surface area contributed by atoms with Gasteiger partial charge in [0.1, 0.15) is 0 Å². The highest BCUT2D eigenvalue weighted by Crippen LogP contribution is 2.45. The van der Waals surface area contributed by atoms with E-state index in [1.54, 1.807) is 0 Å². The Morgan fingerprint density at radius 2 is 1.11 bits per heavy atom. The number of carboxylic acid groups (broad SMARTS) is 1. The van der Waals surface area contributed by atoms with Crippen molar-refractivity contribution in [2.24, 2.45) is 23.7 Å². The number of carbonyl (C=O) groups is 5. The molecule has 27 heavy (non-hydrogen) atoms. The van der Waals surface area contributed by atoms with Gasteiger partial charge in [0.25, 0.3) is 0 Å². The first-order valence-corrected chi connectivity index (χ1v) is 8.07. The molecule has 0 aromatic heterocycles. The summed E-state index contributed by atoms with van der Waals surface area (Å²) in [4.78, 5) is 55.7. The van der Waals surface area contributed by atoms with Gasteiger partial charge in [-0.1, -0.05) is 0 Å². The number of carboxylic acids is 1. The molecule has 1 aliphatic carbocycles. The minimum atomic E-state index is -1.02. The number of benzene rings is 1. The largest absolute Gasteiger partial charge is 0.478 e. The molecule has 4 rings (SSSR count). The maximum absolute atomic E-state index is 11.3. The molecule has 5 N–H and O–H groups in total. The molecule has 1 aromatic carbocycles. The Balaban J connectivity index is 0.000000168. The predicted molar refractivity (Wildman–Crippen MR) is 87.6 cm³/mol. The number of fused-ring (bicyclic) bond motifs is 2. The van der Waals surface area contributed by atoms with E-state index in [1.807, 2.05) is 0 Å². The van der Waals surface area contributed by atoms with Crippen LogP contribution in [0.4, 0.5) is 11.4 Å².